The number of imide groups is 1. The van der Waals surface area contributed by atoms with Crippen LogP contribution in [0.1, 0.15) is 41.6 Å². The number of urea groups is 1. The Labute approximate surface area is 134 Å². The van der Waals surface area contributed by atoms with Crippen molar-refractivity contribution >= 4 is 17.7 Å². The third-order valence-corrected chi connectivity index (χ3v) is 4.66. The summed E-state index contributed by atoms with van der Waals surface area (Å²) >= 11 is 0. The van der Waals surface area contributed by atoms with Gasteiger partial charge in [-0.1, -0.05) is 24.5 Å². The number of aryl methyl sites for hydroxylation is 1. The summed E-state index contributed by atoms with van der Waals surface area (Å²) in [6, 6.07) is 4.80. The predicted octanol–water partition coefficient (Wildman–Crippen LogP) is 2.05. The SMILES string of the molecule is COc1ccc(C)cc1C(=O)CN1C(=O)NC2(CCCC2)C1=O. The molecule has 6 heteroatoms. The Balaban J connectivity index is 1.82. The van der Waals surface area contributed by atoms with Crippen molar-refractivity contribution < 1.29 is 19.1 Å². The van der Waals surface area contributed by atoms with Gasteiger partial charge in [0.25, 0.3) is 5.91 Å². The third kappa shape index (κ3) is 2.58. The fourth-order valence-electron chi connectivity index (χ4n) is 3.41. The number of ether oxygens (including phenoxy) is 1. The molecule has 1 aromatic rings. The van der Waals surface area contributed by atoms with Gasteiger partial charge in [0.15, 0.2) is 5.78 Å². The average molecular weight is 316 g/mol. The van der Waals surface area contributed by atoms with Crippen molar-refractivity contribution in [2.24, 2.45) is 0 Å². The van der Waals surface area contributed by atoms with Crippen LogP contribution in [0.15, 0.2) is 18.2 Å². The maximum Gasteiger partial charge on any atom is 0.325 e. The zero-order valence-corrected chi connectivity index (χ0v) is 13.3. The molecule has 3 amide bonds. The van der Waals surface area contributed by atoms with Gasteiger partial charge in [-0.2, -0.15) is 0 Å². The van der Waals surface area contributed by atoms with E-state index in [0.717, 1.165) is 23.3 Å². The molecule has 0 atom stereocenters. The normalized spacial score (nSPS) is 19.3. The molecule has 0 radical (unpaired) electrons. The van der Waals surface area contributed by atoms with Gasteiger partial charge in [0.2, 0.25) is 0 Å². The van der Waals surface area contributed by atoms with Crippen molar-refractivity contribution in [3.63, 3.8) is 0 Å². The quantitative estimate of drug-likeness (QED) is 0.681. The fraction of sp³-hybridized carbons (Fsp3) is 0.471. The highest BCUT2D eigenvalue weighted by atomic mass is 16.5. The second-order valence-corrected chi connectivity index (χ2v) is 6.24. The number of Topliss-reactive ketones (excluding diaryl/α,β-unsaturated/α-hetero) is 1. The van der Waals surface area contributed by atoms with Crippen molar-refractivity contribution in [1.82, 2.24) is 10.2 Å². The molecule has 1 spiro atoms. The number of benzene rings is 1. The van der Waals surface area contributed by atoms with E-state index < -0.39 is 11.6 Å². The topological polar surface area (TPSA) is 75.7 Å². The first kappa shape index (κ1) is 15.5. The van der Waals surface area contributed by atoms with Gasteiger partial charge in [0.05, 0.1) is 19.2 Å². The standard InChI is InChI=1S/C17H20N2O4/c1-11-5-6-14(23-2)12(9-11)13(20)10-19-15(21)17(18-16(19)22)7-3-4-8-17/h5-6,9H,3-4,7-8,10H2,1-2H3,(H,18,22). The number of amides is 3. The van der Waals surface area contributed by atoms with Crippen LogP contribution in [0, 0.1) is 6.92 Å². The summed E-state index contributed by atoms with van der Waals surface area (Å²) in [5, 5.41) is 2.78. The molecule has 1 saturated heterocycles. The Bertz CT molecular complexity index is 677. The first-order valence-corrected chi connectivity index (χ1v) is 7.79. The zero-order chi connectivity index (χ0) is 16.6. The van der Waals surface area contributed by atoms with Gasteiger partial charge in [-0.15, -0.1) is 0 Å². The highest BCUT2D eigenvalue weighted by Crippen LogP contribution is 2.35. The van der Waals surface area contributed by atoms with E-state index in [-0.39, 0.29) is 18.2 Å². The zero-order valence-electron chi connectivity index (χ0n) is 13.3. The smallest absolute Gasteiger partial charge is 0.325 e. The molecule has 2 aliphatic rings. The number of nitrogens with one attached hydrogen (secondary N) is 1. The van der Waals surface area contributed by atoms with E-state index >= 15 is 0 Å². The number of hydrogen-bond acceptors (Lipinski definition) is 4. The Morgan fingerprint density at radius 1 is 1.30 bits per heavy atom. The van der Waals surface area contributed by atoms with Crippen molar-refractivity contribution in [2.75, 3.05) is 13.7 Å². The molecule has 23 heavy (non-hydrogen) atoms. The van der Waals surface area contributed by atoms with Gasteiger partial charge in [-0.25, -0.2) is 4.79 Å². The van der Waals surface area contributed by atoms with Gasteiger partial charge in [0, 0.05) is 0 Å². The minimum Gasteiger partial charge on any atom is -0.496 e. The molecule has 1 aliphatic carbocycles. The molecule has 1 saturated carbocycles. The maximum atomic E-state index is 12.6. The monoisotopic (exact) mass is 316 g/mol. The first-order chi connectivity index (χ1) is 11.0. The molecule has 0 aromatic heterocycles. The molecule has 1 N–H and O–H groups in total. The Morgan fingerprint density at radius 2 is 2.00 bits per heavy atom. The predicted molar refractivity (Wildman–Crippen MR) is 83.5 cm³/mol. The van der Waals surface area contributed by atoms with Crippen molar-refractivity contribution in [3.8, 4) is 5.75 Å². The largest absolute Gasteiger partial charge is 0.496 e. The van der Waals surface area contributed by atoms with Crippen LogP contribution in [-0.2, 0) is 4.79 Å². The van der Waals surface area contributed by atoms with E-state index in [1.807, 2.05) is 13.0 Å². The van der Waals surface area contributed by atoms with Crippen LogP contribution in [0.5, 0.6) is 5.75 Å². The van der Waals surface area contributed by atoms with Crippen LogP contribution >= 0.6 is 0 Å². The molecule has 1 heterocycles. The van der Waals surface area contributed by atoms with Crippen LogP contribution in [0.2, 0.25) is 0 Å². The summed E-state index contributed by atoms with van der Waals surface area (Å²) in [6.45, 7) is 1.61. The van der Waals surface area contributed by atoms with Gasteiger partial charge >= 0.3 is 6.03 Å². The Kier molecular flexibility index (Phi) is 3.83. The average Bonchev–Trinajstić information content (AvgIpc) is 3.08. The fourth-order valence-corrected chi connectivity index (χ4v) is 3.41. The summed E-state index contributed by atoms with van der Waals surface area (Å²) in [7, 11) is 1.49. The van der Waals surface area contributed by atoms with E-state index in [1.54, 1.807) is 12.1 Å². The molecule has 1 aromatic carbocycles. The van der Waals surface area contributed by atoms with Gasteiger partial charge < -0.3 is 10.1 Å². The minimum atomic E-state index is -0.784. The lowest BCUT2D eigenvalue weighted by Crippen LogP contribution is -2.44. The first-order valence-electron chi connectivity index (χ1n) is 7.79. The van der Waals surface area contributed by atoms with Crippen LogP contribution < -0.4 is 10.1 Å². The van der Waals surface area contributed by atoms with E-state index in [2.05, 4.69) is 5.32 Å². The second-order valence-electron chi connectivity index (χ2n) is 6.24. The Hall–Kier alpha value is -2.37. The van der Waals surface area contributed by atoms with Gasteiger partial charge in [-0.3, -0.25) is 14.5 Å². The van der Waals surface area contributed by atoms with E-state index in [0.29, 0.717) is 24.2 Å². The van der Waals surface area contributed by atoms with E-state index in [1.165, 1.54) is 7.11 Å². The summed E-state index contributed by atoms with van der Waals surface area (Å²) < 4.78 is 5.21. The molecular weight excluding hydrogens is 296 g/mol. The molecule has 1 aliphatic heterocycles. The number of carbonyl (C=O) groups excluding carboxylic acids is 3. The number of nitrogens with zero attached hydrogens (tertiary/aromatic N) is 1. The van der Waals surface area contributed by atoms with E-state index in [9.17, 15) is 14.4 Å². The molecule has 0 bridgehead atoms. The summed E-state index contributed by atoms with van der Waals surface area (Å²) in [5.41, 5.74) is 0.521. The van der Waals surface area contributed by atoms with Crippen LogP contribution in [0.4, 0.5) is 4.79 Å². The van der Waals surface area contributed by atoms with Crippen molar-refractivity contribution in [3.05, 3.63) is 29.3 Å². The molecular formula is C17H20N2O4. The van der Waals surface area contributed by atoms with Crippen LogP contribution in [0.3, 0.4) is 0 Å². The van der Waals surface area contributed by atoms with Gasteiger partial charge in [-0.05, 0) is 31.9 Å². The highest BCUT2D eigenvalue weighted by molar-refractivity contribution is 6.11. The van der Waals surface area contributed by atoms with Crippen LogP contribution in [-0.4, -0.2) is 41.8 Å². The van der Waals surface area contributed by atoms with Crippen molar-refractivity contribution in [2.45, 2.75) is 38.1 Å². The lowest BCUT2D eigenvalue weighted by atomic mass is 9.98. The molecule has 0 unspecified atom stereocenters. The van der Waals surface area contributed by atoms with Gasteiger partial charge in [0.1, 0.15) is 11.3 Å². The molecule has 6 nitrogen and oxygen atoms in total. The van der Waals surface area contributed by atoms with E-state index in [4.69, 9.17) is 4.74 Å². The second kappa shape index (κ2) is 5.68. The summed E-state index contributed by atoms with van der Waals surface area (Å²) in [5.74, 6) is -0.132. The maximum absolute atomic E-state index is 12.6. The molecule has 2 fully saturated rings. The van der Waals surface area contributed by atoms with Crippen LogP contribution in [0.25, 0.3) is 0 Å². The number of rotatable bonds is 4. The Morgan fingerprint density at radius 3 is 2.65 bits per heavy atom. The third-order valence-electron chi connectivity index (χ3n) is 4.66. The summed E-state index contributed by atoms with van der Waals surface area (Å²) in [4.78, 5) is 38.3. The number of ketones is 1. The summed E-state index contributed by atoms with van der Waals surface area (Å²) in [6.07, 6.45) is 3.13. The minimum absolute atomic E-state index is 0.258. The number of hydrogen-bond donors (Lipinski definition) is 1. The highest BCUT2D eigenvalue weighted by Gasteiger charge is 2.52. The lowest BCUT2D eigenvalue weighted by Gasteiger charge is -2.20. The lowest BCUT2D eigenvalue weighted by molar-refractivity contribution is -0.130. The molecule has 3 rings (SSSR count). The molecule has 122 valence electrons. The number of carbonyl (C=O) groups is 3. The number of methoxy groups -OCH3 is 1. The van der Waals surface area contributed by atoms with Crippen molar-refractivity contribution in [1.29, 1.82) is 0 Å².